The minimum atomic E-state index is -0.896. The molecule has 0 aliphatic carbocycles. The van der Waals surface area contributed by atoms with Crippen LogP contribution >= 0.6 is 22.9 Å². The van der Waals surface area contributed by atoms with Crippen LogP contribution in [0.4, 0.5) is 5.69 Å². The van der Waals surface area contributed by atoms with Gasteiger partial charge in [-0.2, -0.15) is 0 Å². The van der Waals surface area contributed by atoms with E-state index in [0.29, 0.717) is 33.3 Å². The number of nitro groups is 1. The van der Waals surface area contributed by atoms with E-state index in [0.717, 1.165) is 11.3 Å². The molecule has 0 amide bonds. The predicted molar refractivity (Wildman–Crippen MR) is 156 cm³/mol. The van der Waals surface area contributed by atoms with Crippen LogP contribution in [0.3, 0.4) is 0 Å². The average Bonchev–Trinajstić information content (AvgIpc) is 3.55. The molecule has 3 heterocycles. The first kappa shape index (κ1) is 28.8. The third kappa shape index (κ3) is 5.21. The lowest BCUT2D eigenvalue weighted by Crippen LogP contribution is -2.40. The first-order valence-electron chi connectivity index (χ1n) is 12.6. The lowest BCUT2D eigenvalue weighted by atomic mass is 9.95. The van der Waals surface area contributed by atoms with Crippen LogP contribution in [-0.2, 0) is 9.53 Å². The monoisotopic (exact) mass is 609 g/mol. The number of esters is 1. The molecule has 11 nitrogen and oxygen atoms in total. The van der Waals surface area contributed by atoms with E-state index in [-0.39, 0.29) is 38.7 Å². The maximum absolute atomic E-state index is 13.9. The first-order chi connectivity index (χ1) is 20.2. The molecule has 0 bridgehead atoms. The van der Waals surface area contributed by atoms with Gasteiger partial charge in [-0.3, -0.25) is 19.5 Å². The number of carbonyl (C=O) groups excluding carboxylic acids is 1. The third-order valence-corrected chi connectivity index (χ3v) is 7.79. The Morgan fingerprint density at radius 1 is 1.19 bits per heavy atom. The fraction of sp³-hybridized carbons (Fsp3) is 0.207. The maximum atomic E-state index is 13.9. The van der Waals surface area contributed by atoms with Gasteiger partial charge in [0.25, 0.3) is 11.2 Å². The number of methoxy groups -OCH3 is 2. The smallest absolute Gasteiger partial charge is 0.338 e. The zero-order valence-electron chi connectivity index (χ0n) is 22.9. The van der Waals surface area contributed by atoms with Gasteiger partial charge < -0.3 is 18.6 Å². The van der Waals surface area contributed by atoms with Gasteiger partial charge in [0.05, 0.1) is 47.1 Å². The maximum Gasteiger partial charge on any atom is 0.338 e. The molecule has 0 spiro atoms. The van der Waals surface area contributed by atoms with Crippen LogP contribution in [0.15, 0.2) is 74.0 Å². The fourth-order valence-electron chi connectivity index (χ4n) is 4.70. The van der Waals surface area contributed by atoms with Crippen LogP contribution in [0.1, 0.15) is 31.2 Å². The van der Waals surface area contributed by atoms with Gasteiger partial charge in [0, 0.05) is 28.8 Å². The summed E-state index contributed by atoms with van der Waals surface area (Å²) in [6.45, 7) is 3.52. The molecule has 1 atom stereocenters. The Morgan fingerprint density at radius 3 is 2.67 bits per heavy atom. The van der Waals surface area contributed by atoms with Crippen LogP contribution in [0, 0.1) is 10.1 Å². The Balaban J connectivity index is 1.67. The second kappa shape index (κ2) is 11.7. The topological polar surface area (TPSA) is 135 Å². The summed E-state index contributed by atoms with van der Waals surface area (Å²) in [7, 11) is 3.01. The van der Waals surface area contributed by atoms with Crippen LogP contribution in [0.2, 0.25) is 5.02 Å². The molecular weight excluding hydrogens is 586 g/mol. The molecule has 1 unspecified atom stereocenters. The molecule has 42 heavy (non-hydrogen) atoms. The number of hydrogen-bond acceptors (Lipinski definition) is 10. The van der Waals surface area contributed by atoms with Crippen molar-refractivity contribution in [1.29, 1.82) is 0 Å². The van der Waals surface area contributed by atoms with Crippen molar-refractivity contribution in [1.82, 2.24) is 4.57 Å². The Morgan fingerprint density at radius 2 is 1.98 bits per heavy atom. The van der Waals surface area contributed by atoms with Crippen LogP contribution < -0.4 is 24.4 Å². The predicted octanol–water partition coefficient (Wildman–Crippen LogP) is 4.64. The number of ether oxygens (including phenoxy) is 3. The molecule has 0 saturated carbocycles. The number of carbonyl (C=O) groups is 1. The van der Waals surface area contributed by atoms with Gasteiger partial charge in [-0.15, -0.1) is 0 Å². The molecule has 0 fully saturated rings. The average molecular weight is 610 g/mol. The van der Waals surface area contributed by atoms with Crippen LogP contribution in [-0.4, -0.2) is 36.3 Å². The van der Waals surface area contributed by atoms with Gasteiger partial charge >= 0.3 is 5.97 Å². The van der Waals surface area contributed by atoms with E-state index in [9.17, 15) is 19.7 Å². The fourth-order valence-corrected chi connectivity index (χ4v) is 5.89. The summed E-state index contributed by atoms with van der Waals surface area (Å²) in [5.41, 5.74) is 0.754. The number of halogens is 1. The van der Waals surface area contributed by atoms with Gasteiger partial charge in [-0.25, -0.2) is 9.79 Å². The van der Waals surface area contributed by atoms with Gasteiger partial charge in [0.15, 0.2) is 4.80 Å². The highest BCUT2D eigenvalue weighted by Crippen LogP contribution is 2.38. The normalized spacial score (nSPS) is 14.8. The number of thiazole rings is 1. The van der Waals surface area contributed by atoms with Crippen molar-refractivity contribution in [3.8, 4) is 22.8 Å². The molecule has 4 aromatic rings. The van der Waals surface area contributed by atoms with E-state index in [1.165, 1.54) is 43.1 Å². The lowest BCUT2D eigenvalue weighted by molar-refractivity contribution is -0.384. The zero-order valence-corrected chi connectivity index (χ0v) is 24.4. The molecule has 2 aromatic carbocycles. The van der Waals surface area contributed by atoms with E-state index >= 15 is 0 Å². The Hall–Kier alpha value is -4.68. The second-order valence-corrected chi connectivity index (χ2v) is 10.5. The highest BCUT2D eigenvalue weighted by Gasteiger charge is 2.35. The van der Waals surface area contributed by atoms with E-state index in [1.54, 1.807) is 44.2 Å². The SMILES string of the molecule is CCOC(=O)C1=C(C)N=c2s/c(=C\c3ccc(-c4ccc(Cl)cc4[N+](=O)[O-])o3)c(=O)n2C1c1ccc(OC)cc1OC. The highest BCUT2D eigenvalue weighted by molar-refractivity contribution is 7.07. The molecule has 1 aliphatic heterocycles. The number of nitro benzene ring substituents is 1. The van der Waals surface area contributed by atoms with E-state index in [2.05, 4.69) is 4.99 Å². The number of hydrogen-bond donors (Lipinski definition) is 0. The van der Waals surface area contributed by atoms with Gasteiger partial charge in [0.2, 0.25) is 0 Å². The van der Waals surface area contributed by atoms with Crippen molar-refractivity contribution in [3.05, 3.63) is 106 Å². The zero-order chi connectivity index (χ0) is 30.1. The molecule has 5 rings (SSSR count). The number of fused-ring (bicyclic) bond motifs is 1. The number of nitrogens with zero attached hydrogens (tertiary/aromatic N) is 3. The molecular formula is C29H24ClN3O8S. The quantitative estimate of drug-likeness (QED) is 0.160. The van der Waals surface area contributed by atoms with Crippen LogP contribution in [0.25, 0.3) is 17.4 Å². The lowest BCUT2D eigenvalue weighted by Gasteiger charge is -2.26. The van der Waals surface area contributed by atoms with Crippen molar-refractivity contribution in [2.75, 3.05) is 20.8 Å². The number of furan rings is 1. The summed E-state index contributed by atoms with van der Waals surface area (Å²) in [6, 6.07) is 11.7. The summed E-state index contributed by atoms with van der Waals surface area (Å²) < 4.78 is 23.9. The van der Waals surface area contributed by atoms with E-state index in [4.69, 9.17) is 30.2 Å². The highest BCUT2D eigenvalue weighted by atomic mass is 35.5. The van der Waals surface area contributed by atoms with Crippen molar-refractivity contribution in [2.24, 2.45) is 4.99 Å². The molecule has 216 valence electrons. The number of rotatable bonds is 8. The minimum Gasteiger partial charge on any atom is -0.497 e. The van der Waals surface area contributed by atoms with Gasteiger partial charge in [0.1, 0.15) is 29.1 Å². The Kier molecular flexibility index (Phi) is 8.01. The summed E-state index contributed by atoms with van der Waals surface area (Å²) in [5, 5.41) is 11.8. The summed E-state index contributed by atoms with van der Waals surface area (Å²) in [4.78, 5) is 43.0. The van der Waals surface area contributed by atoms with Crippen molar-refractivity contribution >= 4 is 40.7 Å². The van der Waals surface area contributed by atoms with Gasteiger partial charge in [-0.05, 0) is 50.2 Å². The van der Waals surface area contributed by atoms with Crippen molar-refractivity contribution in [3.63, 3.8) is 0 Å². The van der Waals surface area contributed by atoms with Crippen LogP contribution in [0.5, 0.6) is 11.5 Å². The van der Waals surface area contributed by atoms with E-state index in [1.807, 2.05) is 0 Å². The molecule has 1 aliphatic rings. The summed E-state index contributed by atoms with van der Waals surface area (Å²) in [6.07, 6.45) is 1.53. The number of benzene rings is 2. The third-order valence-electron chi connectivity index (χ3n) is 6.57. The first-order valence-corrected chi connectivity index (χ1v) is 13.8. The van der Waals surface area contributed by atoms with E-state index < -0.39 is 22.5 Å². The second-order valence-electron chi connectivity index (χ2n) is 9.03. The standard InChI is InChI=1S/C29H24ClN3O8S/c1-5-40-28(35)25-15(2)31-29-32(26(25)20-10-7-17(38-3)13-23(20)39-4)27(34)24(42-29)14-18-8-11-22(41-18)19-9-6-16(30)12-21(19)33(36)37/h6-14,26H,5H2,1-4H3/b24-14-. The molecule has 13 heteroatoms. The van der Waals surface area contributed by atoms with Crippen molar-refractivity contribution in [2.45, 2.75) is 19.9 Å². The summed E-state index contributed by atoms with van der Waals surface area (Å²) >= 11 is 7.06. The Bertz CT molecular complexity index is 1940. The number of allylic oxidation sites excluding steroid dienone is 1. The largest absolute Gasteiger partial charge is 0.497 e. The molecule has 0 radical (unpaired) electrons. The molecule has 0 saturated heterocycles. The number of aromatic nitrogens is 1. The van der Waals surface area contributed by atoms with Gasteiger partial charge in [-0.1, -0.05) is 22.9 Å². The summed E-state index contributed by atoms with van der Waals surface area (Å²) in [5.74, 6) is 0.871. The Labute approximate surface area is 247 Å². The minimum absolute atomic E-state index is 0.138. The molecule has 2 aromatic heterocycles. The molecule has 0 N–H and O–H groups in total. The van der Waals surface area contributed by atoms with Crippen molar-refractivity contribution < 1.29 is 28.3 Å².